The van der Waals surface area contributed by atoms with E-state index in [1.54, 1.807) is 0 Å². The van der Waals surface area contributed by atoms with Crippen molar-refractivity contribution in [1.82, 2.24) is 0 Å². The molecule has 1 aromatic carbocycles. The highest BCUT2D eigenvalue weighted by atomic mass is 32.1. The molecule has 0 saturated carbocycles. The van der Waals surface area contributed by atoms with Crippen LogP contribution in [0.25, 0.3) is 0 Å². The van der Waals surface area contributed by atoms with Gasteiger partial charge >= 0.3 is 6.18 Å². The molecule has 0 unspecified atom stereocenters. The van der Waals surface area contributed by atoms with E-state index in [1.807, 2.05) is 0 Å². The van der Waals surface area contributed by atoms with Gasteiger partial charge in [0.15, 0.2) is 0 Å². The molecule has 0 aliphatic carbocycles. The molecule has 0 atom stereocenters. The van der Waals surface area contributed by atoms with Crippen LogP contribution in [0.1, 0.15) is 24.0 Å². The normalized spacial score (nSPS) is 16.7. The van der Waals surface area contributed by atoms with Crippen LogP contribution in [0.4, 0.5) is 13.2 Å². The molecule has 1 aliphatic rings. The van der Waals surface area contributed by atoms with Crippen molar-refractivity contribution in [3.8, 4) is 5.75 Å². The molecule has 0 amide bonds. The SMILES string of the molecule is NC(=S)c1ccc(OCC2CCOCC2)c(C(F)(F)F)c1. The van der Waals surface area contributed by atoms with Crippen LogP contribution in [-0.4, -0.2) is 24.8 Å². The van der Waals surface area contributed by atoms with Crippen molar-refractivity contribution >= 4 is 17.2 Å². The Balaban J connectivity index is 2.15. The van der Waals surface area contributed by atoms with Crippen LogP contribution in [0, 0.1) is 5.92 Å². The third-order valence-corrected chi connectivity index (χ3v) is 3.62. The number of nitrogens with two attached hydrogens (primary N) is 1. The summed E-state index contributed by atoms with van der Waals surface area (Å²) in [7, 11) is 0. The fourth-order valence-electron chi connectivity index (χ4n) is 2.15. The summed E-state index contributed by atoms with van der Waals surface area (Å²) in [6, 6.07) is 3.65. The standard InChI is InChI=1S/C14H16F3NO2S/c15-14(16,17)11-7-10(13(18)21)1-2-12(11)20-8-9-3-5-19-6-4-9/h1-2,7,9H,3-6,8H2,(H2,18,21). The predicted molar refractivity (Wildman–Crippen MR) is 76.4 cm³/mol. The molecule has 1 fully saturated rings. The smallest absolute Gasteiger partial charge is 0.419 e. The number of halogens is 3. The number of ether oxygens (including phenoxy) is 2. The van der Waals surface area contributed by atoms with E-state index in [0.717, 1.165) is 18.9 Å². The number of benzene rings is 1. The first-order valence-electron chi connectivity index (χ1n) is 6.59. The molecule has 3 nitrogen and oxygen atoms in total. The lowest BCUT2D eigenvalue weighted by atomic mass is 10.0. The maximum atomic E-state index is 13.1. The molecule has 1 aromatic rings. The van der Waals surface area contributed by atoms with Gasteiger partial charge in [0, 0.05) is 18.8 Å². The molecule has 2 N–H and O–H groups in total. The Morgan fingerprint density at radius 2 is 2.00 bits per heavy atom. The average Bonchev–Trinajstić information content (AvgIpc) is 2.45. The molecule has 2 rings (SSSR count). The Hall–Kier alpha value is -1.34. The van der Waals surface area contributed by atoms with Gasteiger partial charge in [0.2, 0.25) is 0 Å². The molecule has 0 spiro atoms. The van der Waals surface area contributed by atoms with E-state index in [1.165, 1.54) is 12.1 Å². The van der Waals surface area contributed by atoms with Crippen LogP contribution in [0.3, 0.4) is 0 Å². The highest BCUT2D eigenvalue weighted by molar-refractivity contribution is 7.80. The fourth-order valence-corrected chi connectivity index (χ4v) is 2.28. The zero-order chi connectivity index (χ0) is 15.5. The number of thiocarbonyl (C=S) groups is 1. The highest BCUT2D eigenvalue weighted by Crippen LogP contribution is 2.37. The summed E-state index contributed by atoms with van der Waals surface area (Å²) in [6.45, 7) is 1.50. The van der Waals surface area contributed by atoms with E-state index < -0.39 is 11.7 Å². The van der Waals surface area contributed by atoms with Gasteiger partial charge in [-0.1, -0.05) is 12.2 Å². The number of alkyl halides is 3. The molecule has 0 bridgehead atoms. The van der Waals surface area contributed by atoms with Crippen molar-refractivity contribution in [2.75, 3.05) is 19.8 Å². The Morgan fingerprint density at radius 3 is 2.57 bits per heavy atom. The first-order valence-corrected chi connectivity index (χ1v) is 7.00. The summed E-state index contributed by atoms with van der Waals surface area (Å²) in [5.74, 6) is 0.0316. The van der Waals surface area contributed by atoms with Gasteiger partial charge in [-0.2, -0.15) is 13.2 Å². The number of hydrogen-bond donors (Lipinski definition) is 1. The first kappa shape index (κ1) is 16.0. The lowest BCUT2D eigenvalue weighted by Crippen LogP contribution is -2.22. The van der Waals surface area contributed by atoms with E-state index in [4.69, 9.17) is 27.4 Å². The van der Waals surface area contributed by atoms with Crippen LogP contribution in [0.5, 0.6) is 5.75 Å². The van der Waals surface area contributed by atoms with Gasteiger partial charge in [-0.05, 0) is 37.0 Å². The van der Waals surface area contributed by atoms with Gasteiger partial charge in [0.05, 0.1) is 12.2 Å². The summed E-state index contributed by atoms with van der Waals surface area (Å²) >= 11 is 4.71. The molecule has 7 heteroatoms. The lowest BCUT2D eigenvalue weighted by Gasteiger charge is -2.23. The van der Waals surface area contributed by atoms with Crippen molar-refractivity contribution in [3.63, 3.8) is 0 Å². The molecule has 0 radical (unpaired) electrons. The molecule has 1 saturated heterocycles. The second-order valence-corrected chi connectivity index (χ2v) is 5.38. The minimum absolute atomic E-state index is 0.0727. The van der Waals surface area contributed by atoms with Crippen LogP contribution < -0.4 is 10.5 Å². The lowest BCUT2D eigenvalue weighted by molar-refractivity contribution is -0.139. The van der Waals surface area contributed by atoms with Crippen LogP contribution in [0.2, 0.25) is 0 Å². The molecular weight excluding hydrogens is 303 g/mol. The average molecular weight is 319 g/mol. The summed E-state index contributed by atoms with van der Waals surface area (Å²) in [5.41, 5.74) is 4.71. The third-order valence-electron chi connectivity index (χ3n) is 3.38. The predicted octanol–water partition coefficient (Wildman–Crippen LogP) is 3.15. The Labute approximate surface area is 126 Å². The Kier molecular flexibility index (Phi) is 5.05. The maximum Gasteiger partial charge on any atom is 0.419 e. The first-order chi connectivity index (χ1) is 9.88. The maximum absolute atomic E-state index is 13.1. The fraction of sp³-hybridized carbons (Fsp3) is 0.500. The van der Waals surface area contributed by atoms with Gasteiger partial charge in [0.25, 0.3) is 0 Å². The molecule has 21 heavy (non-hydrogen) atoms. The summed E-state index contributed by atoms with van der Waals surface area (Å²) in [6.07, 6.45) is -2.91. The van der Waals surface area contributed by atoms with E-state index in [-0.39, 0.29) is 28.8 Å². The van der Waals surface area contributed by atoms with Crippen molar-refractivity contribution in [2.45, 2.75) is 19.0 Å². The second kappa shape index (κ2) is 6.62. The van der Waals surface area contributed by atoms with E-state index in [0.29, 0.717) is 13.2 Å². The number of hydrogen-bond acceptors (Lipinski definition) is 3. The van der Waals surface area contributed by atoms with Crippen molar-refractivity contribution in [2.24, 2.45) is 11.7 Å². The van der Waals surface area contributed by atoms with Gasteiger partial charge in [-0.15, -0.1) is 0 Å². The van der Waals surface area contributed by atoms with Crippen molar-refractivity contribution in [3.05, 3.63) is 29.3 Å². The quantitative estimate of drug-likeness (QED) is 0.866. The largest absolute Gasteiger partial charge is 0.493 e. The molecule has 0 aromatic heterocycles. The van der Waals surface area contributed by atoms with Gasteiger partial charge in [0.1, 0.15) is 10.7 Å². The summed E-state index contributed by atoms with van der Waals surface area (Å²) < 4.78 is 49.8. The van der Waals surface area contributed by atoms with Crippen molar-refractivity contribution < 1.29 is 22.6 Å². The molecule has 1 heterocycles. The summed E-state index contributed by atoms with van der Waals surface area (Å²) in [5, 5.41) is 0. The monoisotopic (exact) mass is 319 g/mol. The van der Waals surface area contributed by atoms with E-state index in [2.05, 4.69) is 0 Å². The van der Waals surface area contributed by atoms with E-state index in [9.17, 15) is 13.2 Å². The van der Waals surface area contributed by atoms with E-state index >= 15 is 0 Å². The zero-order valence-electron chi connectivity index (χ0n) is 11.3. The molecular formula is C14H16F3NO2S. The topological polar surface area (TPSA) is 44.5 Å². The highest BCUT2D eigenvalue weighted by Gasteiger charge is 2.35. The van der Waals surface area contributed by atoms with Crippen molar-refractivity contribution in [1.29, 1.82) is 0 Å². The minimum atomic E-state index is -4.51. The van der Waals surface area contributed by atoms with Crippen LogP contribution >= 0.6 is 12.2 Å². The van der Waals surface area contributed by atoms with Gasteiger partial charge in [-0.25, -0.2) is 0 Å². The van der Waals surface area contributed by atoms with Crippen LogP contribution in [-0.2, 0) is 10.9 Å². The zero-order valence-corrected chi connectivity index (χ0v) is 12.1. The molecule has 116 valence electrons. The van der Waals surface area contributed by atoms with Gasteiger partial charge in [-0.3, -0.25) is 0 Å². The minimum Gasteiger partial charge on any atom is -0.493 e. The summed E-state index contributed by atoms with van der Waals surface area (Å²) in [4.78, 5) is -0.0727. The Morgan fingerprint density at radius 1 is 1.33 bits per heavy atom. The molecule has 1 aliphatic heterocycles. The van der Waals surface area contributed by atoms with Gasteiger partial charge < -0.3 is 15.2 Å². The number of rotatable bonds is 4. The van der Waals surface area contributed by atoms with Crippen LogP contribution in [0.15, 0.2) is 18.2 Å². The Bertz CT molecular complexity index is 513. The third kappa shape index (κ3) is 4.31. The second-order valence-electron chi connectivity index (χ2n) is 4.94.